The Hall–Kier alpha value is -0.120. The number of likely N-dealkylation sites (tertiary alicyclic amines) is 1. The monoisotopic (exact) mass is 198 g/mol. The topological polar surface area (TPSA) is 38.5 Å². The Labute approximate surface area is 86.6 Å². The number of nitrogens with two attached hydrogens (primary N) is 1. The van der Waals surface area contributed by atoms with Gasteiger partial charge in [-0.05, 0) is 39.2 Å². The van der Waals surface area contributed by atoms with Crippen LogP contribution in [0.1, 0.15) is 26.7 Å². The van der Waals surface area contributed by atoms with E-state index in [1.54, 1.807) is 0 Å². The summed E-state index contributed by atoms with van der Waals surface area (Å²) in [5.74, 6) is 0.706. The molecule has 2 fully saturated rings. The average molecular weight is 198 g/mol. The smallest absolute Gasteiger partial charge is 0.0703 e. The van der Waals surface area contributed by atoms with Gasteiger partial charge >= 0.3 is 0 Å². The zero-order valence-electron chi connectivity index (χ0n) is 9.28. The van der Waals surface area contributed by atoms with E-state index in [2.05, 4.69) is 18.7 Å². The minimum atomic E-state index is 0.411. The van der Waals surface area contributed by atoms with Crippen molar-refractivity contribution in [3.63, 3.8) is 0 Å². The Morgan fingerprint density at radius 2 is 2.21 bits per heavy atom. The molecule has 0 aliphatic carbocycles. The fourth-order valence-corrected chi connectivity index (χ4v) is 2.96. The second-order valence-electron chi connectivity index (χ2n) is 4.82. The van der Waals surface area contributed by atoms with E-state index in [1.807, 2.05) is 0 Å². The third-order valence-corrected chi connectivity index (χ3v) is 3.81. The number of ether oxygens (including phenoxy) is 1. The molecular formula is C11H22N2O. The standard InChI is InChI=1S/C11H22N2O/c1-8-5-10(6-12)7-13(8)11-3-4-14-9(11)2/h8-11H,3-7,12H2,1-2H3. The Bertz CT molecular complexity index is 198. The third-order valence-electron chi connectivity index (χ3n) is 3.81. The van der Waals surface area contributed by atoms with Crippen molar-refractivity contribution in [2.75, 3.05) is 19.7 Å². The van der Waals surface area contributed by atoms with Crippen molar-refractivity contribution in [3.8, 4) is 0 Å². The largest absolute Gasteiger partial charge is 0.377 e. The first-order valence-corrected chi connectivity index (χ1v) is 5.79. The summed E-state index contributed by atoms with van der Waals surface area (Å²) in [4.78, 5) is 2.61. The zero-order valence-corrected chi connectivity index (χ0v) is 9.28. The highest BCUT2D eigenvalue weighted by atomic mass is 16.5. The molecule has 0 aromatic carbocycles. The van der Waals surface area contributed by atoms with E-state index in [0.29, 0.717) is 24.1 Å². The molecule has 0 radical (unpaired) electrons. The van der Waals surface area contributed by atoms with Crippen LogP contribution in [0.4, 0.5) is 0 Å². The van der Waals surface area contributed by atoms with Gasteiger partial charge in [0, 0.05) is 25.2 Å². The van der Waals surface area contributed by atoms with Gasteiger partial charge in [-0.2, -0.15) is 0 Å². The molecule has 0 bridgehead atoms. The highest BCUT2D eigenvalue weighted by Gasteiger charge is 2.37. The molecule has 0 aromatic heterocycles. The van der Waals surface area contributed by atoms with Crippen molar-refractivity contribution in [3.05, 3.63) is 0 Å². The summed E-state index contributed by atoms with van der Waals surface area (Å²) in [6.45, 7) is 7.46. The number of hydrogen-bond acceptors (Lipinski definition) is 3. The molecule has 2 aliphatic rings. The first-order valence-electron chi connectivity index (χ1n) is 5.79. The molecule has 2 saturated heterocycles. The third kappa shape index (κ3) is 1.81. The molecule has 3 heteroatoms. The molecule has 3 nitrogen and oxygen atoms in total. The normalized spacial score (nSPS) is 44.8. The van der Waals surface area contributed by atoms with Gasteiger partial charge in [0.2, 0.25) is 0 Å². The number of hydrogen-bond donors (Lipinski definition) is 1. The van der Waals surface area contributed by atoms with Crippen LogP contribution in [0.25, 0.3) is 0 Å². The minimum absolute atomic E-state index is 0.411. The van der Waals surface area contributed by atoms with Crippen LogP contribution in [0.3, 0.4) is 0 Å². The summed E-state index contributed by atoms with van der Waals surface area (Å²) in [5.41, 5.74) is 5.73. The lowest BCUT2D eigenvalue weighted by molar-refractivity contribution is 0.0704. The summed E-state index contributed by atoms with van der Waals surface area (Å²) < 4.78 is 5.62. The molecule has 14 heavy (non-hydrogen) atoms. The van der Waals surface area contributed by atoms with Gasteiger partial charge in [-0.15, -0.1) is 0 Å². The van der Waals surface area contributed by atoms with Crippen molar-refractivity contribution in [1.82, 2.24) is 4.90 Å². The molecule has 4 atom stereocenters. The zero-order chi connectivity index (χ0) is 10.1. The van der Waals surface area contributed by atoms with Crippen molar-refractivity contribution < 1.29 is 4.74 Å². The van der Waals surface area contributed by atoms with Gasteiger partial charge in [0.15, 0.2) is 0 Å². The molecule has 0 saturated carbocycles. The molecule has 82 valence electrons. The highest BCUT2D eigenvalue weighted by molar-refractivity contribution is 4.91. The quantitative estimate of drug-likeness (QED) is 0.714. The fourth-order valence-electron chi connectivity index (χ4n) is 2.96. The Kier molecular flexibility index (Phi) is 3.10. The van der Waals surface area contributed by atoms with Crippen molar-refractivity contribution in [2.24, 2.45) is 11.7 Å². The average Bonchev–Trinajstić information content (AvgIpc) is 2.72. The van der Waals surface area contributed by atoms with E-state index < -0.39 is 0 Å². The van der Waals surface area contributed by atoms with Crippen molar-refractivity contribution >= 4 is 0 Å². The fraction of sp³-hybridized carbons (Fsp3) is 1.00. The second kappa shape index (κ2) is 4.17. The lowest BCUT2D eigenvalue weighted by Crippen LogP contribution is -2.42. The van der Waals surface area contributed by atoms with Crippen LogP contribution in [0.5, 0.6) is 0 Å². The van der Waals surface area contributed by atoms with Gasteiger partial charge in [-0.1, -0.05) is 0 Å². The van der Waals surface area contributed by atoms with Crippen LogP contribution >= 0.6 is 0 Å². The lowest BCUT2D eigenvalue weighted by atomic mass is 10.1. The maximum atomic E-state index is 5.73. The van der Waals surface area contributed by atoms with E-state index in [9.17, 15) is 0 Å². The van der Waals surface area contributed by atoms with E-state index in [4.69, 9.17) is 10.5 Å². The summed E-state index contributed by atoms with van der Waals surface area (Å²) in [6.07, 6.45) is 2.87. The molecule has 0 spiro atoms. The SMILES string of the molecule is CC1OCCC1N1CC(CN)CC1C. The van der Waals surface area contributed by atoms with E-state index >= 15 is 0 Å². The number of nitrogens with zero attached hydrogens (tertiary/aromatic N) is 1. The van der Waals surface area contributed by atoms with Crippen LogP contribution in [0.2, 0.25) is 0 Å². The molecule has 2 aliphatic heterocycles. The predicted molar refractivity (Wildman–Crippen MR) is 57.1 cm³/mol. The van der Waals surface area contributed by atoms with Gasteiger partial charge in [-0.3, -0.25) is 4.90 Å². The molecule has 0 amide bonds. The second-order valence-corrected chi connectivity index (χ2v) is 4.82. The first kappa shape index (κ1) is 10.4. The van der Waals surface area contributed by atoms with Gasteiger partial charge in [-0.25, -0.2) is 0 Å². The lowest BCUT2D eigenvalue weighted by Gasteiger charge is -2.30. The van der Waals surface area contributed by atoms with Gasteiger partial charge in [0.05, 0.1) is 6.10 Å². The minimum Gasteiger partial charge on any atom is -0.377 e. The Morgan fingerprint density at radius 1 is 1.43 bits per heavy atom. The van der Waals surface area contributed by atoms with Gasteiger partial charge in [0.1, 0.15) is 0 Å². The predicted octanol–water partition coefficient (Wildman–Crippen LogP) is 0.833. The van der Waals surface area contributed by atoms with Crippen LogP contribution < -0.4 is 5.73 Å². The molecule has 0 aromatic rings. The molecule has 2 heterocycles. The molecule has 2 N–H and O–H groups in total. The van der Waals surface area contributed by atoms with Gasteiger partial charge < -0.3 is 10.5 Å². The van der Waals surface area contributed by atoms with E-state index in [0.717, 1.165) is 13.2 Å². The van der Waals surface area contributed by atoms with E-state index in [1.165, 1.54) is 19.4 Å². The Balaban J connectivity index is 1.97. The molecular weight excluding hydrogens is 176 g/mol. The van der Waals surface area contributed by atoms with Gasteiger partial charge in [0.25, 0.3) is 0 Å². The molecule has 4 unspecified atom stereocenters. The number of rotatable bonds is 2. The summed E-state index contributed by atoms with van der Waals surface area (Å²) >= 11 is 0. The molecule has 2 rings (SSSR count). The van der Waals surface area contributed by atoms with E-state index in [-0.39, 0.29) is 0 Å². The maximum absolute atomic E-state index is 5.73. The van der Waals surface area contributed by atoms with Crippen molar-refractivity contribution in [1.29, 1.82) is 0 Å². The van der Waals surface area contributed by atoms with Crippen LogP contribution in [-0.2, 0) is 4.74 Å². The maximum Gasteiger partial charge on any atom is 0.0703 e. The Morgan fingerprint density at radius 3 is 2.71 bits per heavy atom. The van der Waals surface area contributed by atoms with Crippen LogP contribution in [0, 0.1) is 5.92 Å². The van der Waals surface area contributed by atoms with Crippen LogP contribution in [-0.4, -0.2) is 42.8 Å². The highest BCUT2D eigenvalue weighted by Crippen LogP contribution is 2.30. The first-order chi connectivity index (χ1) is 6.72. The van der Waals surface area contributed by atoms with Crippen molar-refractivity contribution in [2.45, 2.75) is 44.9 Å². The van der Waals surface area contributed by atoms with Crippen LogP contribution in [0.15, 0.2) is 0 Å². The summed E-state index contributed by atoms with van der Waals surface area (Å²) in [5, 5.41) is 0. The summed E-state index contributed by atoms with van der Waals surface area (Å²) in [7, 11) is 0. The summed E-state index contributed by atoms with van der Waals surface area (Å²) in [6, 6.07) is 1.33.